The molecule has 8 heteroatoms. The summed E-state index contributed by atoms with van der Waals surface area (Å²) in [6.45, 7) is 5.44. The Morgan fingerprint density at radius 3 is 2.89 bits per heavy atom. The van der Waals surface area contributed by atoms with Crippen LogP contribution in [-0.4, -0.2) is 59.2 Å². The van der Waals surface area contributed by atoms with Crippen LogP contribution in [0.3, 0.4) is 0 Å². The highest BCUT2D eigenvalue weighted by molar-refractivity contribution is 7.22. The number of thiophene rings is 1. The highest BCUT2D eigenvalue weighted by atomic mass is 32.1. The van der Waals surface area contributed by atoms with Gasteiger partial charge in [0.1, 0.15) is 24.2 Å². The number of benzene rings is 2. The summed E-state index contributed by atoms with van der Waals surface area (Å²) in [5.41, 5.74) is 2.77. The van der Waals surface area contributed by atoms with Crippen LogP contribution < -0.4 is 9.47 Å². The van der Waals surface area contributed by atoms with E-state index < -0.39 is 6.10 Å². The van der Waals surface area contributed by atoms with E-state index >= 15 is 0 Å². The summed E-state index contributed by atoms with van der Waals surface area (Å²) < 4.78 is 18.4. The zero-order chi connectivity index (χ0) is 23.8. The second-order valence-corrected chi connectivity index (χ2v) is 10.5. The molecule has 1 atom stereocenters. The fourth-order valence-electron chi connectivity index (χ4n) is 5.11. The smallest absolute Gasteiger partial charge is 0.257 e. The summed E-state index contributed by atoms with van der Waals surface area (Å²) in [6.07, 6.45) is 2.69. The van der Waals surface area contributed by atoms with Crippen LogP contribution in [0.1, 0.15) is 35.8 Å². The summed E-state index contributed by atoms with van der Waals surface area (Å²) in [4.78, 5) is 3.26. The van der Waals surface area contributed by atoms with E-state index in [1.54, 1.807) is 18.3 Å². The number of aryl methyl sites for hydroxylation is 1. The average molecular weight is 492 g/mol. The molecule has 0 saturated carbocycles. The Balaban J connectivity index is 1.03. The van der Waals surface area contributed by atoms with Gasteiger partial charge in [0.25, 0.3) is 5.89 Å². The Morgan fingerprint density at radius 2 is 2.06 bits per heavy atom. The predicted molar refractivity (Wildman–Crippen MR) is 135 cm³/mol. The van der Waals surface area contributed by atoms with E-state index in [-0.39, 0.29) is 6.61 Å². The number of hydrogen-bond acceptors (Lipinski definition) is 8. The molecule has 1 N–H and O–H groups in total. The SMILES string of the molecule is Cc1nnc(-c2cc3c(OC[C@@H](O)CN4CCC(c5ccc6c(c5)CCO6)CC4)cccc3s2)o1. The summed E-state index contributed by atoms with van der Waals surface area (Å²) in [6, 6.07) is 14.7. The molecular weight excluding hydrogens is 462 g/mol. The van der Waals surface area contributed by atoms with Gasteiger partial charge in [0.05, 0.1) is 11.5 Å². The van der Waals surface area contributed by atoms with Crippen molar-refractivity contribution in [3.63, 3.8) is 0 Å². The first-order valence-corrected chi connectivity index (χ1v) is 13.1. The van der Waals surface area contributed by atoms with Crippen LogP contribution in [0.5, 0.6) is 11.5 Å². The van der Waals surface area contributed by atoms with Crippen molar-refractivity contribution in [3.8, 4) is 22.3 Å². The fourth-order valence-corrected chi connectivity index (χ4v) is 6.11. The van der Waals surface area contributed by atoms with Crippen LogP contribution >= 0.6 is 11.3 Å². The van der Waals surface area contributed by atoms with E-state index in [1.807, 2.05) is 24.3 Å². The Kier molecular flexibility index (Phi) is 6.18. The van der Waals surface area contributed by atoms with Crippen molar-refractivity contribution in [1.82, 2.24) is 15.1 Å². The molecule has 4 heterocycles. The fraction of sp³-hybridized carbons (Fsp3) is 0.407. The number of rotatable bonds is 7. The molecule has 0 bridgehead atoms. The molecule has 2 aliphatic heterocycles. The van der Waals surface area contributed by atoms with Gasteiger partial charge in [-0.3, -0.25) is 0 Å². The first kappa shape index (κ1) is 22.5. The van der Waals surface area contributed by atoms with Gasteiger partial charge >= 0.3 is 0 Å². The third kappa shape index (κ3) is 4.78. The minimum absolute atomic E-state index is 0.259. The molecular formula is C27H29N3O4S. The van der Waals surface area contributed by atoms with E-state index in [2.05, 4.69) is 33.3 Å². The van der Waals surface area contributed by atoms with Crippen molar-refractivity contribution in [3.05, 3.63) is 59.5 Å². The summed E-state index contributed by atoms with van der Waals surface area (Å²) >= 11 is 1.59. The molecule has 4 aromatic rings. The van der Waals surface area contributed by atoms with E-state index in [9.17, 15) is 5.11 Å². The highest BCUT2D eigenvalue weighted by Gasteiger charge is 2.24. The van der Waals surface area contributed by atoms with Crippen molar-refractivity contribution in [2.75, 3.05) is 32.8 Å². The van der Waals surface area contributed by atoms with Crippen molar-refractivity contribution < 1.29 is 19.0 Å². The lowest BCUT2D eigenvalue weighted by Gasteiger charge is -2.33. The summed E-state index contributed by atoms with van der Waals surface area (Å²) in [7, 11) is 0. The molecule has 0 aliphatic carbocycles. The number of aromatic nitrogens is 2. The second-order valence-electron chi connectivity index (χ2n) is 9.41. The third-order valence-corrected chi connectivity index (χ3v) is 8.02. The number of ether oxygens (including phenoxy) is 2. The van der Waals surface area contributed by atoms with Gasteiger partial charge in [0.15, 0.2) is 0 Å². The van der Waals surface area contributed by atoms with Gasteiger partial charge in [-0.2, -0.15) is 0 Å². The Hall–Kier alpha value is -2.94. The van der Waals surface area contributed by atoms with E-state index in [0.717, 1.165) is 65.4 Å². The number of likely N-dealkylation sites (tertiary alicyclic amines) is 1. The monoisotopic (exact) mass is 491 g/mol. The van der Waals surface area contributed by atoms with Crippen molar-refractivity contribution in [1.29, 1.82) is 0 Å². The molecule has 0 radical (unpaired) electrons. The lowest BCUT2D eigenvalue weighted by molar-refractivity contribution is 0.0599. The maximum Gasteiger partial charge on any atom is 0.257 e. The van der Waals surface area contributed by atoms with Gasteiger partial charge in [-0.05, 0) is 67.2 Å². The molecule has 2 aliphatic rings. The van der Waals surface area contributed by atoms with Crippen LogP contribution in [0, 0.1) is 6.92 Å². The minimum atomic E-state index is -0.546. The molecule has 0 spiro atoms. The highest BCUT2D eigenvalue weighted by Crippen LogP contribution is 2.38. The van der Waals surface area contributed by atoms with Gasteiger partial charge in [0, 0.05) is 30.0 Å². The van der Waals surface area contributed by atoms with Gasteiger partial charge in [0.2, 0.25) is 5.89 Å². The maximum atomic E-state index is 10.7. The van der Waals surface area contributed by atoms with Gasteiger partial charge in [-0.15, -0.1) is 21.5 Å². The lowest BCUT2D eigenvalue weighted by Crippen LogP contribution is -2.40. The standard InChI is InChI=1S/C27H29N3O4S/c1-17-28-29-27(34-17)26-14-22-24(3-2-4-25(22)35-26)33-16-21(31)15-30-10-7-18(8-11-30)19-5-6-23-20(13-19)9-12-32-23/h2-6,13-14,18,21,31H,7-12,15-16H2,1H3/t21-/m0/s1. The minimum Gasteiger partial charge on any atom is -0.493 e. The molecule has 2 aromatic carbocycles. The molecule has 6 rings (SSSR count). The lowest BCUT2D eigenvalue weighted by atomic mass is 9.88. The van der Waals surface area contributed by atoms with Crippen LogP contribution in [0.25, 0.3) is 20.9 Å². The predicted octanol–water partition coefficient (Wildman–Crippen LogP) is 4.81. The van der Waals surface area contributed by atoms with Crippen LogP contribution in [0.2, 0.25) is 0 Å². The van der Waals surface area contributed by atoms with Crippen molar-refractivity contribution in [2.45, 2.75) is 38.2 Å². The third-order valence-electron chi connectivity index (χ3n) is 6.93. The van der Waals surface area contributed by atoms with E-state index in [0.29, 0.717) is 24.2 Å². The Bertz CT molecular complexity index is 1330. The molecule has 182 valence electrons. The number of aliphatic hydroxyl groups is 1. The number of β-amino-alcohol motifs (C(OH)–C–C–N with tert-alkyl or cyclic N) is 1. The van der Waals surface area contributed by atoms with Gasteiger partial charge in [-0.1, -0.05) is 18.2 Å². The first-order chi connectivity index (χ1) is 17.1. The Morgan fingerprint density at radius 1 is 1.17 bits per heavy atom. The number of piperidine rings is 1. The average Bonchev–Trinajstić information content (AvgIpc) is 3.62. The van der Waals surface area contributed by atoms with Crippen LogP contribution in [0.4, 0.5) is 0 Å². The summed E-state index contributed by atoms with van der Waals surface area (Å²) in [5, 5.41) is 19.7. The normalized spacial score (nSPS) is 17.4. The zero-order valence-electron chi connectivity index (χ0n) is 19.8. The van der Waals surface area contributed by atoms with Crippen LogP contribution in [0.15, 0.2) is 46.9 Å². The second kappa shape index (κ2) is 9.60. The molecule has 1 fully saturated rings. The molecule has 1 saturated heterocycles. The molecule has 7 nitrogen and oxygen atoms in total. The number of hydrogen-bond donors (Lipinski definition) is 1. The number of aliphatic hydroxyl groups excluding tert-OH is 1. The van der Waals surface area contributed by atoms with E-state index in [4.69, 9.17) is 13.9 Å². The molecule has 2 aromatic heterocycles. The molecule has 0 unspecified atom stereocenters. The van der Waals surface area contributed by atoms with Gasteiger partial charge in [-0.25, -0.2) is 0 Å². The molecule has 35 heavy (non-hydrogen) atoms. The first-order valence-electron chi connectivity index (χ1n) is 12.2. The van der Waals surface area contributed by atoms with Crippen molar-refractivity contribution >= 4 is 21.4 Å². The van der Waals surface area contributed by atoms with Gasteiger partial charge < -0.3 is 23.9 Å². The maximum absolute atomic E-state index is 10.7. The number of fused-ring (bicyclic) bond motifs is 2. The topological polar surface area (TPSA) is 80.9 Å². The largest absolute Gasteiger partial charge is 0.493 e. The van der Waals surface area contributed by atoms with E-state index in [1.165, 1.54) is 11.1 Å². The number of nitrogens with zero attached hydrogens (tertiary/aromatic N) is 3. The Labute approximate surface area is 208 Å². The summed E-state index contributed by atoms with van der Waals surface area (Å²) in [5.74, 6) is 3.46. The quantitative estimate of drug-likeness (QED) is 0.397. The molecule has 0 amide bonds. The van der Waals surface area contributed by atoms with Crippen LogP contribution in [-0.2, 0) is 6.42 Å². The van der Waals surface area contributed by atoms with Crippen molar-refractivity contribution in [2.24, 2.45) is 0 Å². The zero-order valence-corrected chi connectivity index (χ0v) is 20.6.